The first kappa shape index (κ1) is 24.0. The molecule has 9 nitrogen and oxygen atoms in total. The van der Waals surface area contributed by atoms with Crippen LogP contribution in [0.4, 0.5) is 0 Å². The van der Waals surface area contributed by atoms with Crippen molar-refractivity contribution in [1.82, 2.24) is 14.1 Å². The van der Waals surface area contributed by atoms with Crippen LogP contribution >= 0.6 is 11.8 Å². The van der Waals surface area contributed by atoms with Crippen molar-refractivity contribution in [2.45, 2.75) is 49.4 Å². The fourth-order valence-corrected chi connectivity index (χ4v) is 7.77. The highest BCUT2D eigenvalue weighted by Crippen LogP contribution is 2.47. The van der Waals surface area contributed by atoms with Crippen molar-refractivity contribution in [3.05, 3.63) is 29.3 Å². The maximum absolute atomic E-state index is 13.0. The van der Waals surface area contributed by atoms with Crippen molar-refractivity contribution in [2.75, 3.05) is 38.5 Å². The third-order valence-corrected chi connectivity index (χ3v) is 10.2. The van der Waals surface area contributed by atoms with Crippen molar-refractivity contribution in [2.24, 2.45) is 0 Å². The molecule has 0 N–H and O–H groups in total. The monoisotopic (exact) mass is 495 g/mol. The number of benzene rings is 1. The van der Waals surface area contributed by atoms with Crippen LogP contribution in [0, 0.1) is 13.8 Å². The molecule has 1 aromatic rings. The van der Waals surface area contributed by atoms with Gasteiger partial charge in [-0.3, -0.25) is 9.59 Å². The van der Waals surface area contributed by atoms with Gasteiger partial charge in [-0.1, -0.05) is 17.7 Å². The van der Waals surface area contributed by atoms with Gasteiger partial charge in [-0.25, -0.2) is 13.2 Å². The topological polar surface area (TPSA) is 104 Å². The van der Waals surface area contributed by atoms with Crippen LogP contribution in [0.1, 0.15) is 30.9 Å². The van der Waals surface area contributed by atoms with E-state index in [4.69, 9.17) is 4.74 Å². The van der Waals surface area contributed by atoms with Crippen LogP contribution in [-0.2, 0) is 29.1 Å². The van der Waals surface area contributed by atoms with Gasteiger partial charge in [0.25, 0.3) is 5.91 Å². The highest BCUT2D eigenvalue weighted by atomic mass is 32.2. The number of ether oxygens (including phenoxy) is 1. The number of hydrogen-bond acceptors (Lipinski definition) is 7. The molecule has 3 heterocycles. The van der Waals surface area contributed by atoms with E-state index in [1.807, 2.05) is 19.9 Å². The summed E-state index contributed by atoms with van der Waals surface area (Å²) in [5, 5.41) is 0. The molecule has 0 spiro atoms. The number of piperazine rings is 1. The van der Waals surface area contributed by atoms with E-state index in [-0.39, 0.29) is 47.8 Å². The van der Waals surface area contributed by atoms with Crippen LogP contribution in [0.15, 0.2) is 23.1 Å². The van der Waals surface area contributed by atoms with E-state index >= 15 is 0 Å². The van der Waals surface area contributed by atoms with Crippen molar-refractivity contribution < 1.29 is 27.5 Å². The van der Waals surface area contributed by atoms with Crippen LogP contribution < -0.4 is 0 Å². The normalized spacial score (nSPS) is 25.9. The summed E-state index contributed by atoms with van der Waals surface area (Å²) in [6.07, 6.45) is 1.12. The zero-order chi connectivity index (χ0) is 24.0. The third kappa shape index (κ3) is 4.50. The summed E-state index contributed by atoms with van der Waals surface area (Å²) < 4.78 is 32.7. The first-order valence-corrected chi connectivity index (χ1v) is 13.4. The molecule has 1 aromatic carbocycles. The van der Waals surface area contributed by atoms with E-state index in [1.165, 1.54) is 9.21 Å². The molecule has 11 heteroatoms. The Balaban J connectivity index is 1.30. The molecule has 180 valence electrons. The number of sulfonamides is 1. The van der Waals surface area contributed by atoms with Crippen molar-refractivity contribution in [3.8, 4) is 0 Å². The molecule has 0 radical (unpaired) electrons. The molecule has 3 fully saturated rings. The summed E-state index contributed by atoms with van der Waals surface area (Å²) in [7, 11) is -3.64. The Morgan fingerprint density at radius 3 is 2.55 bits per heavy atom. The fourth-order valence-electron chi connectivity index (χ4n) is 4.72. The molecule has 33 heavy (non-hydrogen) atoms. The maximum Gasteiger partial charge on any atom is 0.330 e. The number of fused-ring (bicyclic) bond motifs is 1. The highest BCUT2D eigenvalue weighted by molar-refractivity contribution is 8.01. The standard InChI is InChI=1S/C22H29N3O6S2/c1-15-4-5-18(16(2)12-15)33(29,30)24-10-8-23(9-11-24)20(27)13-31-21(28)17-14-32-22(3)7-6-19(26)25(17)22/h4-5,12,17H,6-11,13-14H2,1-3H3. The number of carbonyl (C=O) groups is 3. The van der Waals surface area contributed by atoms with Crippen LogP contribution in [0.25, 0.3) is 0 Å². The van der Waals surface area contributed by atoms with Gasteiger partial charge in [0.15, 0.2) is 6.61 Å². The summed E-state index contributed by atoms with van der Waals surface area (Å²) in [5.41, 5.74) is 1.68. The van der Waals surface area contributed by atoms with E-state index in [1.54, 1.807) is 35.7 Å². The van der Waals surface area contributed by atoms with E-state index in [2.05, 4.69) is 0 Å². The summed E-state index contributed by atoms with van der Waals surface area (Å²) in [6, 6.07) is 4.56. The Morgan fingerprint density at radius 1 is 1.18 bits per heavy atom. The molecule has 0 aromatic heterocycles. The second kappa shape index (κ2) is 8.92. The lowest BCUT2D eigenvalue weighted by atomic mass is 10.2. The molecule has 3 saturated heterocycles. The Bertz CT molecular complexity index is 1080. The average Bonchev–Trinajstić information content (AvgIpc) is 3.27. The number of esters is 1. The van der Waals surface area contributed by atoms with Crippen molar-refractivity contribution in [3.63, 3.8) is 0 Å². The Labute approximate surface area is 198 Å². The Hall–Kier alpha value is -2.11. The number of nitrogens with zero attached hydrogens (tertiary/aromatic N) is 3. The smallest absolute Gasteiger partial charge is 0.330 e. The van der Waals surface area contributed by atoms with Gasteiger partial charge < -0.3 is 14.5 Å². The second-order valence-corrected chi connectivity index (χ2v) is 12.3. The number of rotatable bonds is 5. The molecular formula is C22H29N3O6S2. The zero-order valence-corrected chi connectivity index (χ0v) is 20.7. The first-order chi connectivity index (χ1) is 15.5. The van der Waals surface area contributed by atoms with E-state index in [0.717, 1.165) is 5.56 Å². The van der Waals surface area contributed by atoms with Gasteiger partial charge in [-0.15, -0.1) is 11.8 Å². The van der Waals surface area contributed by atoms with Gasteiger partial charge in [0.2, 0.25) is 15.9 Å². The SMILES string of the molecule is Cc1ccc(S(=O)(=O)N2CCN(C(=O)COC(=O)C3CSC4(C)CCC(=O)N34)CC2)c(C)c1. The van der Waals surface area contributed by atoms with Crippen LogP contribution in [0.5, 0.6) is 0 Å². The van der Waals surface area contributed by atoms with E-state index in [9.17, 15) is 22.8 Å². The highest BCUT2D eigenvalue weighted by Gasteiger charge is 2.53. The molecule has 3 aliphatic heterocycles. The molecule has 0 aliphatic carbocycles. The number of carbonyl (C=O) groups excluding carboxylic acids is 3. The predicted octanol–water partition coefficient (Wildman–Crippen LogP) is 1.13. The predicted molar refractivity (Wildman–Crippen MR) is 123 cm³/mol. The van der Waals surface area contributed by atoms with Gasteiger partial charge in [-0.05, 0) is 38.8 Å². The van der Waals surface area contributed by atoms with E-state index < -0.39 is 28.6 Å². The molecule has 0 bridgehead atoms. The minimum atomic E-state index is -3.64. The van der Waals surface area contributed by atoms with Crippen molar-refractivity contribution in [1.29, 1.82) is 0 Å². The van der Waals surface area contributed by atoms with E-state index in [0.29, 0.717) is 24.2 Å². The molecular weight excluding hydrogens is 466 g/mol. The number of hydrogen-bond donors (Lipinski definition) is 0. The number of thioether (sulfide) groups is 1. The summed E-state index contributed by atoms with van der Waals surface area (Å²) in [5.74, 6) is -0.527. The number of amides is 2. The molecule has 2 unspecified atom stereocenters. The van der Waals surface area contributed by atoms with Crippen molar-refractivity contribution >= 4 is 39.6 Å². The van der Waals surface area contributed by atoms with Gasteiger partial charge >= 0.3 is 5.97 Å². The van der Waals surface area contributed by atoms with Gasteiger partial charge in [0.05, 0.1) is 9.77 Å². The zero-order valence-electron chi connectivity index (χ0n) is 19.1. The average molecular weight is 496 g/mol. The molecule has 4 rings (SSSR count). The molecule has 2 atom stereocenters. The van der Waals surface area contributed by atoms with Gasteiger partial charge in [0, 0.05) is 38.4 Å². The summed E-state index contributed by atoms with van der Waals surface area (Å²) >= 11 is 1.57. The minimum absolute atomic E-state index is 0.0584. The number of aryl methyl sites for hydroxylation is 2. The quantitative estimate of drug-likeness (QED) is 0.564. The Kier molecular flexibility index (Phi) is 6.49. The van der Waals surface area contributed by atoms with Gasteiger partial charge in [0.1, 0.15) is 6.04 Å². The lowest BCUT2D eigenvalue weighted by Gasteiger charge is -2.34. The fraction of sp³-hybridized carbons (Fsp3) is 0.591. The molecule has 2 amide bonds. The maximum atomic E-state index is 13.0. The second-order valence-electron chi connectivity index (χ2n) is 8.93. The summed E-state index contributed by atoms with van der Waals surface area (Å²) in [4.78, 5) is 40.4. The first-order valence-electron chi connectivity index (χ1n) is 11.0. The van der Waals surface area contributed by atoms with Crippen LogP contribution in [0.2, 0.25) is 0 Å². The van der Waals surface area contributed by atoms with Crippen LogP contribution in [0.3, 0.4) is 0 Å². The molecule has 0 saturated carbocycles. The Morgan fingerprint density at radius 2 is 1.88 bits per heavy atom. The third-order valence-electron chi connectivity index (χ3n) is 6.59. The molecule has 3 aliphatic rings. The lowest BCUT2D eigenvalue weighted by molar-refractivity contribution is -0.158. The lowest BCUT2D eigenvalue weighted by Crippen LogP contribution is -2.52. The largest absolute Gasteiger partial charge is 0.454 e. The van der Waals surface area contributed by atoms with Crippen LogP contribution in [-0.4, -0.2) is 89.8 Å². The summed E-state index contributed by atoms with van der Waals surface area (Å²) in [6.45, 7) is 6.02. The van der Waals surface area contributed by atoms with Gasteiger partial charge in [-0.2, -0.15) is 4.31 Å². The minimum Gasteiger partial charge on any atom is -0.454 e.